The first-order chi connectivity index (χ1) is 15.0. The van der Waals surface area contributed by atoms with Gasteiger partial charge in [-0.2, -0.15) is 0 Å². The van der Waals surface area contributed by atoms with Crippen LogP contribution < -0.4 is 5.32 Å². The largest absolute Gasteiger partial charge is 0.336 e. The van der Waals surface area contributed by atoms with E-state index in [4.69, 9.17) is 0 Å². The molecule has 0 bridgehead atoms. The number of fused-ring (bicyclic) bond motifs is 1. The molecular formula is C22H30N4O3S2. The molecule has 0 unspecified atom stereocenters. The topological polar surface area (TPSA) is 82.1 Å². The quantitative estimate of drug-likeness (QED) is 0.743. The van der Waals surface area contributed by atoms with Crippen LogP contribution in [0.1, 0.15) is 42.5 Å². The van der Waals surface area contributed by atoms with E-state index in [2.05, 4.69) is 15.2 Å². The molecule has 2 saturated heterocycles. The fraction of sp³-hybridized carbons (Fsp3) is 0.636. The summed E-state index contributed by atoms with van der Waals surface area (Å²) in [5.74, 6) is 0.416. The molecule has 1 amide bonds. The third-order valence-corrected chi connectivity index (χ3v) is 10.0. The number of rotatable bonds is 3. The van der Waals surface area contributed by atoms with Gasteiger partial charge >= 0.3 is 0 Å². The third kappa shape index (κ3) is 4.78. The van der Waals surface area contributed by atoms with Crippen LogP contribution in [0.15, 0.2) is 29.3 Å². The highest BCUT2D eigenvalue weighted by Crippen LogP contribution is 2.34. The summed E-state index contributed by atoms with van der Waals surface area (Å²) in [5.41, 5.74) is 1.50. The molecule has 168 valence electrons. The number of amidine groups is 1. The van der Waals surface area contributed by atoms with E-state index in [0.717, 1.165) is 37.0 Å². The summed E-state index contributed by atoms with van der Waals surface area (Å²) >= 11 is 1.49. The summed E-state index contributed by atoms with van der Waals surface area (Å²) in [4.78, 5) is 22.2. The van der Waals surface area contributed by atoms with Gasteiger partial charge in [0.25, 0.3) is 5.91 Å². The fourth-order valence-electron chi connectivity index (χ4n) is 5.19. The van der Waals surface area contributed by atoms with Gasteiger partial charge in [-0.25, -0.2) is 8.42 Å². The number of amides is 1. The van der Waals surface area contributed by atoms with E-state index in [1.807, 2.05) is 29.2 Å². The van der Waals surface area contributed by atoms with Crippen LogP contribution in [-0.2, 0) is 9.84 Å². The number of piperazine rings is 1. The molecule has 1 N–H and O–H groups in total. The molecule has 5 rings (SSSR count). The van der Waals surface area contributed by atoms with Crippen molar-refractivity contribution in [3.05, 3.63) is 29.8 Å². The van der Waals surface area contributed by atoms with E-state index in [1.165, 1.54) is 43.9 Å². The van der Waals surface area contributed by atoms with Gasteiger partial charge in [-0.3, -0.25) is 14.7 Å². The predicted molar refractivity (Wildman–Crippen MR) is 126 cm³/mol. The van der Waals surface area contributed by atoms with Crippen molar-refractivity contribution in [3.8, 4) is 0 Å². The lowest BCUT2D eigenvalue weighted by atomic mass is 9.94. The first kappa shape index (κ1) is 21.3. The summed E-state index contributed by atoms with van der Waals surface area (Å²) < 4.78 is 23.5. The van der Waals surface area contributed by atoms with Crippen molar-refractivity contribution in [2.24, 2.45) is 4.99 Å². The van der Waals surface area contributed by atoms with Gasteiger partial charge in [-0.15, -0.1) is 0 Å². The number of carbonyl (C=O) groups is 1. The lowest BCUT2D eigenvalue weighted by molar-refractivity contribution is 0.0523. The van der Waals surface area contributed by atoms with Gasteiger partial charge in [-0.1, -0.05) is 37.1 Å². The highest BCUT2D eigenvalue weighted by atomic mass is 32.2. The second-order valence-corrected chi connectivity index (χ2v) is 12.4. The minimum absolute atomic E-state index is 0.0118. The monoisotopic (exact) mass is 462 g/mol. The van der Waals surface area contributed by atoms with Crippen LogP contribution >= 0.6 is 11.8 Å². The second-order valence-electron chi connectivity index (χ2n) is 9.06. The standard InChI is InChI=1S/C22H30N4O3S2/c27-21(26-11-9-25(10-12-26)18-7-2-1-3-8-18)16-5-4-6-17(13-16)23-22-24-19-14-31(28,29)15-20(19)30-22/h4-6,13,18-20H,1-3,7-12,14-15H2,(H,23,24)/t19-,20+/m1/s1. The summed E-state index contributed by atoms with van der Waals surface area (Å²) in [7, 11) is -2.95. The number of nitrogens with one attached hydrogen (secondary N) is 1. The van der Waals surface area contributed by atoms with E-state index in [1.54, 1.807) is 0 Å². The molecule has 0 aromatic heterocycles. The number of hydrogen-bond donors (Lipinski definition) is 1. The predicted octanol–water partition coefficient (Wildman–Crippen LogP) is 2.46. The van der Waals surface area contributed by atoms with Gasteiger partial charge in [0, 0.05) is 48.7 Å². The number of anilines is 1. The summed E-state index contributed by atoms with van der Waals surface area (Å²) in [6.45, 7) is 3.50. The zero-order valence-corrected chi connectivity index (χ0v) is 19.3. The van der Waals surface area contributed by atoms with Crippen LogP contribution in [0.3, 0.4) is 0 Å². The number of carbonyl (C=O) groups excluding carboxylic acids is 1. The zero-order chi connectivity index (χ0) is 21.4. The van der Waals surface area contributed by atoms with Gasteiger partial charge in [-0.05, 0) is 31.0 Å². The average Bonchev–Trinajstić information content (AvgIpc) is 3.26. The summed E-state index contributed by atoms with van der Waals surface area (Å²) in [6.07, 6.45) is 6.65. The smallest absolute Gasteiger partial charge is 0.254 e. The van der Waals surface area contributed by atoms with Crippen LogP contribution in [0.4, 0.5) is 5.69 Å². The van der Waals surface area contributed by atoms with Crippen LogP contribution in [0.25, 0.3) is 0 Å². The normalized spacial score (nSPS) is 28.9. The Morgan fingerprint density at radius 1 is 1.06 bits per heavy atom. The van der Waals surface area contributed by atoms with Gasteiger partial charge in [0.1, 0.15) is 0 Å². The Hall–Kier alpha value is -1.58. The molecule has 1 aromatic rings. The Balaban J connectivity index is 1.18. The third-order valence-electron chi connectivity index (χ3n) is 6.87. The van der Waals surface area contributed by atoms with Crippen molar-refractivity contribution in [1.82, 2.24) is 9.80 Å². The summed E-state index contributed by atoms with van der Waals surface area (Å²) in [5, 5.41) is 4.04. The molecule has 0 spiro atoms. The fourth-order valence-corrected chi connectivity index (χ4v) is 8.86. The SMILES string of the molecule is O=C(c1cccc(NC2=N[C@@H]3CS(=O)(=O)C[C@@H]3S2)c1)N1CCN(C2CCCCC2)CC1. The Morgan fingerprint density at radius 2 is 1.84 bits per heavy atom. The molecular weight excluding hydrogens is 432 g/mol. The lowest BCUT2D eigenvalue weighted by Gasteiger charge is -2.40. The van der Waals surface area contributed by atoms with Gasteiger partial charge in [0.05, 0.1) is 17.5 Å². The van der Waals surface area contributed by atoms with E-state index in [0.29, 0.717) is 11.6 Å². The zero-order valence-electron chi connectivity index (χ0n) is 17.7. The number of aliphatic imine (C=N–C) groups is 1. The average molecular weight is 463 g/mol. The van der Waals surface area contributed by atoms with Crippen molar-refractivity contribution in [2.75, 3.05) is 43.0 Å². The minimum atomic E-state index is -2.95. The molecule has 9 heteroatoms. The maximum atomic E-state index is 13.1. The second kappa shape index (κ2) is 8.75. The van der Waals surface area contributed by atoms with E-state index in [9.17, 15) is 13.2 Å². The number of hydrogen-bond acceptors (Lipinski definition) is 7. The number of thioether (sulfide) groups is 1. The maximum Gasteiger partial charge on any atom is 0.254 e. The van der Waals surface area contributed by atoms with Crippen LogP contribution in [0, 0.1) is 0 Å². The molecule has 0 radical (unpaired) electrons. The Labute approximate surface area is 188 Å². The number of benzene rings is 1. The van der Waals surface area contributed by atoms with Crippen molar-refractivity contribution in [3.63, 3.8) is 0 Å². The minimum Gasteiger partial charge on any atom is -0.336 e. The maximum absolute atomic E-state index is 13.1. The Bertz CT molecular complexity index is 967. The molecule has 3 aliphatic heterocycles. The van der Waals surface area contributed by atoms with Gasteiger partial charge in [0.2, 0.25) is 0 Å². The van der Waals surface area contributed by atoms with E-state index < -0.39 is 9.84 Å². The highest BCUT2D eigenvalue weighted by Gasteiger charge is 2.42. The molecule has 7 nitrogen and oxygen atoms in total. The molecule has 1 aromatic carbocycles. The van der Waals surface area contributed by atoms with E-state index in [-0.39, 0.29) is 28.7 Å². The molecule has 31 heavy (non-hydrogen) atoms. The van der Waals surface area contributed by atoms with Crippen LogP contribution in [0.5, 0.6) is 0 Å². The summed E-state index contributed by atoms with van der Waals surface area (Å²) in [6, 6.07) is 8.11. The highest BCUT2D eigenvalue weighted by molar-refractivity contribution is 8.15. The van der Waals surface area contributed by atoms with Crippen molar-refractivity contribution < 1.29 is 13.2 Å². The molecule has 1 aliphatic carbocycles. The van der Waals surface area contributed by atoms with Crippen LogP contribution in [-0.4, -0.2) is 84.3 Å². The van der Waals surface area contributed by atoms with Crippen molar-refractivity contribution in [2.45, 2.75) is 49.4 Å². The lowest BCUT2D eigenvalue weighted by Crippen LogP contribution is -2.52. The van der Waals surface area contributed by atoms with Crippen molar-refractivity contribution in [1.29, 1.82) is 0 Å². The number of sulfone groups is 1. The van der Waals surface area contributed by atoms with Crippen molar-refractivity contribution >= 4 is 38.4 Å². The Kier molecular flexibility index (Phi) is 6.00. The Morgan fingerprint density at radius 3 is 2.58 bits per heavy atom. The first-order valence-electron chi connectivity index (χ1n) is 11.3. The molecule has 3 heterocycles. The molecule has 1 saturated carbocycles. The van der Waals surface area contributed by atoms with Gasteiger partial charge < -0.3 is 10.2 Å². The van der Waals surface area contributed by atoms with E-state index >= 15 is 0 Å². The molecule has 3 fully saturated rings. The molecule has 4 aliphatic rings. The number of nitrogens with zero attached hydrogens (tertiary/aromatic N) is 3. The van der Waals surface area contributed by atoms with Crippen LogP contribution in [0.2, 0.25) is 0 Å². The van der Waals surface area contributed by atoms with Gasteiger partial charge in [0.15, 0.2) is 15.0 Å². The molecule has 2 atom stereocenters. The first-order valence-corrected chi connectivity index (χ1v) is 14.0.